The van der Waals surface area contributed by atoms with E-state index in [1.54, 1.807) is 24.3 Å². The largest absolute Gasteiger partial charge is 0.273 e. The maximum Gasteiger partial charge on any atom is 0.269 e. The number of imide groups is 1. The number of hydrazone groups is 1. The molecule has 0 radical (unpaired) electrons. The third-order valence-electron chi connectivity index (χ3n) is 5.55. The van der Waals surface area contributed by atoms with E-state index in [-0.39, 0.29) is 11.4 Å². The Hall–Kier alpha value is -3.75. The van der Waals surface area contributed by atoms with E-state index < -0.39 is 28.7 Å². The third kappa shape index (κ3) is 3.53. The monoisotopic (exact) mass is 480 g/mol. The lowest BCUT2D eigenvalue weighted by Gasteiger charge is -2.22. The highest BCUT2D eigenvalue weighted by Gasteiger charge is 2.57. The van der Waals surface area contributed by atoms with E-state index in [0.29, 0.717) is 27.0 Å². The number of para-hydroxylation sites is 1. The summed E-state index contributed by atoms with van der Waals surface area (Å²) in [5.41, 5.74) is 1.69. The van der Waals surface area contributed by atoms with Crippen molar-refractivity contribution in [2.45, 2.75) is 6.04 Å². The number of non-ortho nitro benzene ring substituents is 1. The summed E-state index contributed by atoms with van der Waals surface area (Å²) in [6.07, 6.45) is 0. The van der Waals surface area contributed by atoms with E-state index in [1.165, 1.54) is 47.5 Å². The summed E-state index contributed by atoms with van der Waals surface area (Å²) in [5, 5.41) is 17.8. The summed E-state index contributed by atoms with van der Waals surface area (Å²) < 4.78 is 0. The number of carbonyl (C=O) groups excluding carboxylic acids is 2. The first-order chi connectivity index (χ1) is 15.8. The first-order valence-corrected chi connectivity index (χ1v) is 10.6. The van der Waals surface area contributed by atoms with Crippen LogP contribution in [-0.2, 0) is 9.59 Å². The third-order valence-corrected chi connectivity index (χ3v) is 5.99. The Bertz CT molecular complexity index is 1310. The lowest BCUT2D eigenvalue weighted by Crippen LogP contribution is -2.39. The molecule has 33 heavy (non-hydrogen) atoms. The second-order valence-corrected chi connectivity index (χ2v) is 8.40. The SMILES string of the molecule is O=C1[C@H]2C(c3ccc([N+](=O)[O-])cc3)=NN(c3ccccc3)[C@H]2C(=O)N1c1cc(Cl)cc(Cl)c1. The number of halogens is 2. The van der Waals surface area contributed by atoms with Crippen molar-refractivity contribution in [2.75, 3.05) is 9.91 Å². The van der Waals surface area contributed by atoms with Gasteiger partial charge in [0.05, 0.1) is 22.0 Å². The maximum atomic E-state index is 13.6. The van der Waals surface area contributed by atoms with Crippen molar-refractivity contribution in [3.8, 4) is 0 Å². The van der Waals surface area contributed by atoms with Gasteiger partial charge in [0.2, 0.25) is 5.91 Å². The first kappa shape index (κ1) is 21.1. The van der Waals surface area contributed by atoms with Crippen LogP contribution in [0.4, 0.5) is 17.1 Å². The number of rotatable bonds is 4. The van der Waals surface area contributed by atoms with Crippen molar-refractivity contribution in [1.82, 2.24) is 0 Å². The van der Waals surface area contributed by atoms with E-state index in [0.717, 1.165) is 4.90 Å². The predicted molar refractivity (Wildman–Crippen MR) is 125 cm³/mol. The molecule has 3 aromatic rings. The molecule has 10 heteroatoms. The Labute approximate surface area is 197 Å². The predicted octanol–water partition coefficient (Wildman–Crippen LogP) is 4.68. The lowest BCUT2D eigenvalue weighted by atomic mass is 9.92. The summed E-state index contributed by atoms with van der Waals surface area (Å²) >= 11 is 12.2. The number of amides is 2. The molecule has 0 aliphatic carbocycles. The van der Waals surface area contributed by atoms with Crippen LogP contribution in [0.2, 0.25) is 10.0 Å². The van der Waals surface area contributed by atoms with Gasteiger partial charge in [-0.3, -0.25) is 24.7 Å². The van der Waals surface area contributed by atoms with Crippen LogP contribution in [0.25, 0.3) is 0 Å². The fourth-order valence-corrected chi connectivity index (χ4v) is 4.64. The molecule has 2 aliphatic rings. The maximum absolute atomic E-state index is 13.6. The number of benzene rings is 3. The van der Waals surface area contributed by atoms with E-state index in [2.05, 4.69) is 5.10 Å². The van der Waals surface area contributed by atoms with Gasteiger partial charge >= 0.3 is 0 Å². The normalized spacial score (nSPS) is 19.6. The highest BCUT2D eigenvalue weighted by atomic mass is 35.5. The van der Waals surface area contributed by atoms with Crippen LogP contribution >= 0.6 is 23.2 Å². The number of hydrogen-bond donors (Lipinski definition) is 0. The molecule has 5 rings (SSSR count). The van der Waals surface area contributed by atoms with Crippen LogP contribution in [0, 0.1) is 16.0 Å². The molecule has 2 atom stereocenters. The fraction of sp³-hybridized carbons (Fsp3) is 0.0870. The average Bonchev–Trinajstić information content (AvgIpc) is 3.30. The summed E-state index contributed by atoms with van der Waals surface area (Å²) in [4.78, 5) is 38.7. The molecular weight excluding hydrogens is 467 g/mol. The van der Waals surface area contributed by atoms with Crippen LogP contribution in [0.1, 0.15) is 5.56 Å². The molecule has 2 amide bonds. The standard InChI is InChI=1S/C23H14Cl2N4O4/c24-14-10-15(25)12-18(11-14)27-22(30)19-20(13-6-8-17(9-7-13)29(32)33)26-28(21(19)23(27)31)16-4-2-1-3-5-16/h1-12,19,21H/t19-,21+/m0/s1. The lowest BCUT2D eigenvalue weighted by molar-refractivity contribution is -0.384. The van der Waals surface area contributed by atoms with Gasteiger partial charge in [0.25, 0.3) is 11.6 Å². The van der Waals surface area contributed by atoms with Gasteiger partial charge in [-0.2, -0.15) is 5.10 Å². The minimum atomic E-state index is -0.914. The van der Waals surface area contributed by atoms with Gasteiger partial charge in [-0.05, 0) is 48.0 Å². The molecule has 0 saturated carbocycles. The number of nitro groups is 1. The van der Waals surface area contributed by atoms with Crippen LogP contribution in [-0.4, -0.2) is 28.5 Å². The van der Waals surface area contributed by atoms with Crippen molar-refractivity contribution >= 4 is 57.8 Å². The minimum Gasteiger partial charge on any atom is -0.273 e. The van der Waals surface area contributed by atoms with E-state index in [1.807, 2.05) is 6.07 Å². The smallest absolute Gasteiger partial charge is 0.269 e. The van der Waals surface area contributed by atoms with Gasteiger partial charge in [-0.15, -0.1) is 0 Å². The summed E-state index contributed by atoms with van der Waals surface area (Å²) in [7, 11) is 0. The summed E-state index contributed by atoms with van der Waals surface area (Å²) in [5.74, 6) is -1.84. The van der Waals surface area contributed by atoms with Crippen molar-refractivity contribution in [3.05, 3.63) is 98.5 Å². The van der Waals surface area contributed by atoms with Crippen molar-refractivity contribution in [2.24, 2.45) is 11.0 Å². The van der Waals surface area contributed by atoms with Crippen molar-refractivity contribution in [1.29, 1.82) is 0 Å². The van der Waals surface area contributed by atoms with Gasteiger partial charge in [-0.25, -0.2) is 4.90 Å². The first-order valence-electron chi connectivity index (χ1n) is 9.86. The number of fused-ring (bicyclic) bond motifs is 1. The average molecular weight is 481 g/mol. The van der Waals surface area contributed by atoms with Crippen LogP contribution in [0.3, 0.4) is 0 Å². The molecule has 0 N–H and O–H groups in total. The van der Waals surface area contributed by atoms with E-state index >= 15 is 0 Å². The van der Waals surface area contributed by atoms with Crippen LogP contribution in [0.15, 0.2) is 77.9 Å². The molecule has 3 aromatic carbocycles. The zero-order chi connectivity index (χ0) is 23.3. The van der Waals surface area contributed by atoms with Gasteiger partial charge in [0.15, 0.2) is 0 Å². The van der Waals surface area contributed by atoms with Gasteiger partial charge in [-0.1, -0.05) is 41.4 Å². The number of carbonyl (C=O) groups is 2. The fourth-order valence-electron chi connectivity index (χ4n) is 4.12. The van der Waals surface area contributed by atoms with E-state index in [9.17, 15) is 19.7 Å². The Morgan fingerprint density at radius 2 is 1.48 bits per heavy atom. The molecule has 8 nitrogen and oxygen atoms in total. The molecule has 0 aromatic heterocycles. The molecule has 2 aliphatic heterocycles. The van der Waals surface area contributed by atoms with Crippen LogP contribution < -0.4 is 9.91 Å². The molecule has 164 valence electrons. The van der Waals surface area contributed by atoms with Gasteiger partial charge in [0, 0.05) is 22.2 Å². The van der Waals surface area contributed by atoms with E-state index in [4.69, 9.17) is 23.2 Å². The highest BCUT2D eigenvalue weighted by molar-refractivity contribution is 6.37. The van der Waals surface area contributed by atoms with Crippen molar-refractivity contribution in [3.63, 3.8) is 0 Å². The Kier molecular flexibility index (Phi) is 5.11. The second-order valence-electron chi connectivity index (χ2n) is 7.53. The summed E-state index contributed by atoms with van der Waals surface area (Å²) in [6.45, 7) is 0. The van der Waals surface area contributed by atoms with Crippen LogP contribution in [0.5, 0.6) is 0 Å². The number of hydrogen-bond acceptors (Lipinski definition) is 6. The summed E-state index contributed by atoms with van der Waals surface area (Å²) in [6, 6.07) is 18.4. The highest BCUT2D eigenvalue weighted by Crippen LogP contribution is 2.40. The number of nitro benzene ring substituents is 1. The minimum absolute atomic E-state index is 0.0853. The molecule has 0 bridgehead atoms. The Morgan fingerprint density at radius 3 is 2.09 bits per heavy atom. The number of anilines is 2. The molecule has 1 saturated heterocycles. The molecule has 0 spiro atoms. The second kappa shape index (κ2) is 7.99. The molecular formula is C23H14Cl2N4O4. The molecule has 0 unspecified atom stereocenters. The molecule has 1 fully saturated rings. The van der Waals surface area contributed by atoms with Crippen molar-refractivity contribution < 1.29 is 14.5 Å². The van der Waals surface area contributed by atoms with Gasteiger partial charge < -0.3 is 0 Å². The zero-order valence-corrected chi connectivity index (χ0v) is 18.3. The zero-order valence-electron chi connectivity index (χ0n) is 16.8. The molecule has 2 heterocycles. The Morgan fingerprint density at radius 1 is 0.848 bits per heavy atom. The topological polar surface area (TPSA) is 96.1 Å². The quantitative estimate of drug-likeness (QED) is 0.306. The Balaban J connectivity index is 1.62. The van der Waals surface area contributed by atoms with Gasteiger partial charge in [0.1, 0.15) is 12.0 Å². The number of nitrogens with zero attached hydrogens (tertiary/aromatic N) is 4.